The van der Waals surface area contributed by atoms with Gasteiger partial charge in [0, 0.05) is 18.4 Å². The van der Waals surface area contributed by atoms with Gasteiger partial charge in [-0.3, -0.25) is 0 Å². The molecule has 3 nitrogen and oxygen atoms in total. The molecular formula is C14H23N3. The summed E-state index contributed by atoms with van der Waals surface area (Å²) in [6.45, 7) is 8.90. The summed E-state index contributed by atoms with van der Waals surface area (Å²) < 4.78 is 2.12. The summed E-state index contributed by atoms with van der Waals surface area (Å²) in [7, 11) is 0. The summed E-state index contributed by atoms with van der Waals surface area (Å²) in [5, 5.41) is 0. The topological polar surface area (TPSA) is 43.8 Å². The van der Waals surface area contributed by atoms with E-state index in [0.717, 1.165) is 23.9 Å². The molecular weight excluding hydrogens is 210 g/mol. The van der Waals surface area contributed by atoms with Crippen LogP contribution in [0, 0.1) is 0 Å². The minimum absolute atomic E-state index is 0.410. The van der Waals surface area contributed by atoms with Crippen LogP contribution in [0.4, 0.5) is 5.82 Å². The number of imidazole rings is 1. The second kappa shape index (κ2) is 4.94. The Morgan fingerprint density at radius 3 is 2.65 bits per heavy atom. The smallest absolute Gasteiger partial charge is 0.127 e. The van der Waals surface area contributed by atoms with Crippen molar-refractivity contribution in [3.8, 4) is 0 Å². The van der Waals surface area contributed by atoms with E-state index in [9.17, 15) is 0 Å². The number of anilines is 1. The lowest BCUT2D eigenvalue weighted by Gasteiger charge is -2.09. The standard InChI is InChI=1S/C14H23N3/c1-4-9-17-13(15)12(11-7-5-6-8-11)16-14(17)10(2)3/h4,10-11H,1,5-9,15H2,2-3H3. The van der Waals surface area contributed by atoms with Crippen LogP contribution >= 0.6 is 0 Å². The van der Waals surface area contributed by atoms with Crippen molar-refractivity contribution in [1.82, 2.24) is 9.55 Å². The summed E-state index contributed by atoms with van der Waals surface area (Å²) >= 11 is 0. The van der Waals surface area contributed by atoms with Crippen molar-refractivity contribution in [2.75, 3.05) is 5.73 Å². The maximum atomic E-state index is 6.26. The van der Waals surface area contributed by atoms with Crippen molar-refractivity contribution in [1.29, 1.82) is 0 Å². The third-order valence-corrected chi connectivity index (χ3v) is 3.63. The van der Waals surface area contributed by atoms with Gasteiger partial charge in [0.05, 0.1) is 5.69 Å². The van der Waals surface area contributed by atoms with E-state index in [2.05, 4.69) is 25.0 Å². The van der Waals surface area contributed by atoms with E-state index >= 15 is 0 Å². The van der Waals surface area contributed by atoms with E-state index in [0.29, 0.717) is 11.8 Å². The molecule has 17 heavy (non-hydrogen) atoms. The van der Waals surface area contributed by atoms with Gasteiger partial charge < -0.3 is 10.3 Å². The first-order valence-electron chi connectivity index (χ1n) is 6.61. The van der Waals surface area contributed by atoms with Crippen molar-refractivity contribution >= 4 is 5.82 Å². The highest BCUT2D eigenvalue weighted by molar-refractivity contribution is 5.42. The number of allylic oxidation sites excluding steroid dienone is 1. The summed E-state index contributed by atoms with van der Waals surface area (Å²) in [6.07, 6.45) is 7.01. The molecule has 1 aromatic heterocycles. The minimum Gasteiger partial charge on any atom is -0.384 e. The zero-order chi connectivity index (χ0) is 12.4. The molecule has 0 radical (unpaired) electrons. The van der Waals surface area contributed by atoms with Gasteiger partial charge >= 0.3 is 0 Å². The Bertz CT molecular complexity index is 398. The molecule has 0 spiro atoms. The number of hydrogen-bond donors (Lipinski definition) is 1. The van der Waals surface area contributed by atoms with Crippen LogP contribution in [0.15, 0.2) is 12.7 Å². The normalized spacial score (nSPS) is 16.9. The Morgan fingerprint density at radius 1 is 1.47 bits per heavy atom. The summed E-state index contributed by atoms with van der Waals surface area (Å²) in [6, 6.07) is 0. The van der Waals surface area contributed by atoms with Crippen LogP contribution in [0.25, 0.3) is 0 Å². The molecule has 1 aliphatic rings. The zero-order valence-electron chi connectivity index (χ0n) is 10.9. The number of rotatable bonds is 4. The van der Waals surface area contributed by atoms with E-state index in [1.165, 1.54) is 25.7 Å². The van der Waals surface area contributed by atoms with E-state index in [4.69, 9.17) is 10.7 Å². The van der Waals surface area contributed by atoms with Gasteiger partial charge in [0.15, 0.2) is 0 Å². The number of nitrogens with zero attached hydrogens (tertiary/aromatic N) is 2. The second-order valence-corrected chi connectivity index (χ2v) is 5.28. The van der Waals surface area contributed by atoms with Gasteiger partial charge in [-0.1, -0.05) is 32.8 Å². The van der Waals surface area contributed by atoms with E-state index in [1.54, 1.807) is 0 Å². The SMILES string of the molecule is C=CCn1c(C(C)C)nc(C2CCCC2)c1N. The molecule has 2 rings (SSSR count). The van der Waals surface area contributed by atoms with E-state index < -0.39 is 0 Å². The third kappa shape index (κ3) is 2.24. The first-order valence-corrected chi connectivity index (χ1v) is 6.61. The molecule has 0 atom stereocenters. The molecule has 0 aromatic carbocycles. The van der Waals surface area contributed by atoms with Crippen molar-refractivity contribution < 1.29 is 0 Å². The minimum atomic E-state index is 0.410. The van der Waals surface area contributed by atoms with Gasteiger partial charge in [0.1, 0.15) is 11.6 Å². The Hall–Kier alpha value is -1.25. The van der Waals surface area contributed by atoms with Crippen LogP contribution in [0.3, 0.4) is 0 Å². The average Bonchev–Trinajstić information content (AvgIpc) is 2.88. The fourth-order valence-corrected chi connectivity index (χ4v) is 2.76. The van der Waals surface area contributed by atoms with E-state index in [1.807, 2.05) is 6.08 Å². The van der Waals surface area contributed by atoms with Crippen molar-refractivity contribution in [3.05, 3.63) is 24.2 Å². The predicted octanol–water partition coefficient (Wildman–Crippen LogP) is 3.43. The average molecular weight is 233 g/mol. The van der Waals surface area contributed by atoms with Gasteiger partial charge in [-0.15, -0.1) is 6.58 Å². The number of nitrogens with two attached hydrogens (primary N) is 1. The fraction of sp³-hybridized carbons (Fsp3) is 0.643. The molecule has 1 aliphatic carbocycles. The summed E-state index contributed by atoms with van der Waals surface area (Å²) in [5.41, 5.74) is 7.39. The van der Waals surface area contributed by atoms with Crippen LogP contribution in [0.5, 0.6) is 0 Å². The van der Waals surface area contributed by atoms with Crippen LogP contribution in [0.2, 0.25) is 0 Å². The molecule has 0 aliphatic heterocycles. The Labute approximate surface area is 104 Å². The predicted molar refractivity (Wildman–Crippen MR) is 72.1 cm³/mol. The molecule has 1 aromatic rings. The third-order valence-electron chi connectivity index (χ3n) is 3.63. The molecule has 0 bridgehead atoms. The molecule has 0 saturated heterocycles. The van der Waals surface area contributed by atoms with Gasteiger partial charge in [-0.05, 0) is 12.8 Å². The van der Waals surface area contributed by atoms with Crippen LogP contribution in [-0.2, 0) is 6.54 Å². The lowest BCUT2D eigenvalue weighted by atomic mass is 10.0. The van der Waals surface area contributed by atoms with Crippen molar-refractivity contribution in [2.45, 2.75) is 57.9 Å². The molecule has 0 amide bonds. The highest BCUT2D eigenvalue weighted by atomic mass is 15.1. The molecule has 1 heterocycles. The number of aromatic nitrogens is 2. The maximum absolute atomic E-state index is 6.26. The monoisotopic (exact) mass is 233 g/mol. The first kappa shape index (κ1) is 12.2. The van der Waals surface area contributed by atoms with Gasteiger partial charge in [-0.25, -0.2) is 4.98 Å². The molecule has 0 unspecified atom stereocenters. The van der Waals surface area contributed by atoms with Crippen molar-refractivity contribution in [2.24, 2.45) is 0 Å². The Kier molecular flexibility index (Phi) is 3.55. The maximum Gasteiger partial charge on any atom is 0.127 e. The first-order chi connectivity index (χ1) is 8.15. The molecule has 3 heteroatoms. The Balaban J connectivity index is 2.39. The molecule has 94 valence electrons. The summed E-state index contributed by atoms with van der Waals surface area (Å²) in [4.78, 5) is 4.80. The van der Waals surface area contributed by atoms with Gasteiger partial charge in [0.25, 0.3) is 0 Å². The summed E-state index contributed by atoms with van der Waals surface area (Å²) in [5.74, 6) is 2.95. The number of nitrogen functional groups attached to an aromatic ring is 1. The quantitative estimate of drug-likeness (QED) is 0.810. The number of hydrogen-bond acceptors (Lipinski definition) is 2. The van der Waals surface area contributed by atoms with Crippen LogP contribution < -0.4 is 5.73 Å². The van der Waals surface area contributed by atoms with Crippen molar-refractivity contribution in [3.63, 3.8) is 0 Å². The van der Waals surface area contributed by atoms with Crippen LogP contribution in [-0.4, -0.2) is 9.55 Å². The fourth-order valence-electron chi connectivity index (χ4n) is 2.76. The lowest BCUT2D eigenvalue weighted by molar-refractivity contribution is 0.676. The second-order valence-electron chi connectivity index (χ2n) is 5.28. The molecule has 2 N–H and O–H groups in total. The largest absolute Gasteiger partial charge is 0.384 e. The van der Waals surface area contributed by atoms with Gasteiger partial charge in [-0.2, -0.15) is 0 Å². The molecule has 1 saturated carbocycles. The Morgan fingerprint density at radius 2 is 2.12 bits per heavy atom. The van der Waals surface area contributed by atoms with Gasteiger partial charge in [0.2, 0.25) is 0 Å². The van der Waals surface area contributed by atoms with Crippen LogP contribution in [0.1, 0.15) is 62.9 Å². The molecule has 1 fully saturated rings. The van der Waals surface area contributed by atoms with E-state index in [-0.39, 0.29) is 0 Å². The highest BCUT2D eigenvalue weighted by Crippen LogP contribution is 2.37. The lowest BCUT2D eigenvalue weighted by Crippen LogP contribution is -2.07. The zero-order valence-corrected chi connectivity index (χ0v) is 10.9. The highest BCUT2D eigenvalue weighted by Gasteiger charge is 2.25.